The summed E-state index contributed by atoms with van der Waals surface area (Å²) in [4.78, 5) is 34.1. The Morgan fingerprint density at radius 1 is 1.26 bits per heavy atom. The van der Waals surface area contributed by atoms with Gasteiger partial charge in [-0.1, -0.05) is 27.2 Å². The van der Waals surface area contributed by atoms with E-state index in [1.807, 2.05) is 11.8 Å². The second-order valence-electron chi connectivity index (χ2n) is 9.76. The van der Waals surface area contributed by atoms with E-state index in [0.717, 1.165) is 19.3 Å². The lowest BCUT2D eigenvalue weighted by molar-refractivity contribution is -0.130. The van der Waals surface area contributed by atoms with Gasteiger partial charge in [-0.05, 0) is 44.4 Å². The molecule has 1 heterocycles. The molecule has 0 radical (unpaired) electrons. The number of aliphatic hydroxyl groups excluding tert-OH is 1. The zero-order chi connectivity index (χ0) is 25.8. The van der Waals surface area contributed by atoms with Crippen LogP contribution in [0.25, 0.3) is 0 Å². The summed E-state index contributed by atoms with van der Waals surface area (Å²) >= 11 is 0. The molecule has 2 aliphatic rings. The van der Waals surface area contributed by atoms with Gasteiger partial charge in [-0.15, -0.1) is 0 Å². The van der Waals surface area contributed by atoms with Crippen molar-refractivity contribution in [2.24, 2.45) is 16.6 Å². The Balaban J connectivity index is 2.08. The average molecular weight is 497 g/mol. The van der Waals surface area contributed by atoms with Gasteiger partial charge in [0, 0.05) is 43.9 Å². The molecule has 1 aliphatic heterocycles. The van der Waals surface area contributed by atoms with Gasteiger partial charge < -0.3 is 25.4 Å². The number of hydrogen-bond donors (Lipinski definition) is 2. The smallest absolute Gasteiger partial charge is 0.270 e. The molecule has 2 rings (SSSR count). The van der Waals surface area contributed by atoms with Crippen LogP contribution in [0.1, 0.15) is 72.1 Å². The topological polar surface area (TPSA) is 108 Å². The zero-order valence-corrected chi connectivity index (χ0v) is 21.8. The Morgan fingerprint density at radius 3 is 2.60 bits per heavy atom. The van der Waals surface area contributed by atoms with Crippen molar-refractivity contribution >= 4 is 17.5 Å². The van der Waals surface area contributed by atoms with Gasteiger partial charge in [-0.25, -0.2) is 4.39 Å². The minimum Gasteiger partial charge on any atom is -0.394 e. The molecule has 1 aliphatic carbocycles. The maximum Gasteiger partial charge on any atom is 0.270 e. The van der Waals surface area contributed by atoms with Crippen LogP contribution in [0.2, 0.25) is 0 Å². The fraction of sp³-hybridized carbons (Fsp3) is 0.808. The van der Waals surface area contributed by atoms with E-state index in [9.17, 15) is 14.0 Å². The molecule has 0 spiro atoms. The molecule has 2 atom stereocenters. The maximum atomic E-state index is 14.3. The SMILES string of the molecule is CCCN(CCC(C)CC)C(=O)CN=C1CCC(F)C/C1=C(/N)C(=O)N1CCC(OCCO)CC1. The number of nitrogens with zero attached hydrogens (tertiary/aromatic N) is 3. The Bertz CT molecular complexity index is 750. The molecule has 0 aromatic heterocycles. The summed E-state index contributed by atoms with van der Waals surface area (Å²) < 4.78 is 19.9. The Kier molecular flexibility index (Phi) is 12.7. The number of carbonyl (C=O) groups excluding carboxylic acids is 2. The third kappa shape index (κ3) is 9.18. The highest BCUT2D eigenvalue weighted by Crippen LogP contribution is 2.27. The van der Waals surface area contributed by atoms with E-state index in [4.69, 9.17) is 15.6 Å². The number of aliphatic hydroxyl groups is 1. The van der Waals surface area contributed by atoms with Crippen molar-refractivity contribution in [1.82, 2.24) is 9.80 Å². The van der Waals surface area contributed by atoms with Crippen molar-refractivity contribution < 1.29 is 23.8 Å². The van der Waals surface area contributed by atoms with E-state index in [2.05, 4.69) is 18.8 Å². The number of nitrogens with two attached hydrogens (primary N) is 1. The fourth-order valence-corrected chi connectivity index (χ4v) is 4.54. The number of allylic oxidation sites excluding steroid dienone is 1. The van der Waals surface area contributed by atoms with Crippen LogP contribution in [0, 0.1) is 5.92 Å². The maximum absolute atomic E-state index is 14.3. The van der Waals surface area contributed by atoms with Gasteiger partial charge in [0.2, 0.25) is 5.91 Å². The molecule has 8 nitrogen and oxygen atoms in total. The van der Waals surface area contributed by atoms with E-state index in [0.29, 0.717) is 69.1 Å². The van der Waals surface area contributed by atoms with Crippen LogP contribution in [-0.4, -0.2) is 90.6 Å². The molecular formula is C26H45FN4O4. The fourth-order valence-electron chi connectivity index (χ4n) is 4.54. The van der Waals surface area contributed by atoms with Crippen molar-refractivity contribution in [1.29, 1.82) is 0 Å². The molecule has 0 aromatic rings. The van der Waals surface area contributed by atoms with E-state index in [1.165, 1.54) is 0 Å². The average Bonchev–Trinajstić information content (AvgIpc) is 2.88. The number of alkyl halides is 1. The summed E-state index contributed by atoms with van der Waals surface area (Å²) in [5, 5.41) is 8.92. The quantitative estimate of drug-likeness (QED) is 0.404. The first kappa shape index (κ1) is 29.2. The second kappa shape index (κ2) is 15.2. The number of piperidine rings is 1. The van der Waals surface area contributed by atoms with E-state index >= 15 is 0 Å². The summed E-state index contributed by atoms with van der Waals surface area (Å²) in [6, 6.07) is 0. The zero-order valence-electron chi connectivity index (χ0n) is 21.8. The first-order valence-corrected chi connectivity index (χ1v) is 13.3. The van der Waals surface area contributed by atoms with Crippen LogP contribution >= 0.6 is 0 Å². The number of carbonyl (C=O) groups is 2. The lowest BCUT2D eigenvalue weighted by atomic mass is 9.89. The lowest BCUT2D eigenvalue weighted by Gasteiger charge is -2.33. The molecule has 2 fully saturated rings. The third-order valence-corrected chi connectivity index (χ3v) is 7.04. The van der Waals surface area contributed by atoms with Gasteiger partial charge >= 0.3 is 0 Å². The molecule has 3 N–H and O–H groups in total. The summed E-state index contributed by atoms with van der Waals surface area (Å²) in [5.41, 5.74) is 7.35. The molecular weight excluding hydrogens is 451 g/mol. The molecule has 35 heavy (non-hydrogen) atoms. The number of ether oxygens (including phenoxy) is 1. The summed E-state index contributed by atoms with van der Waals surface area (Å²) in [7, 11) is 0. The first-order chi connectivity index (χ1) is 16.8. The van der Waals surface area contributed by atoms with Crippen LogP contribution in [0.3, 0.4) is 0 Å². The van der Waals surface area contributed by atoms with E-state index in [-0.39, 0.29) is 49.8 Å². The predicted molar refractivity (Wildman–Crippen MR) is 136 cm³/mol. The summed E-state index contributed by atoms with van der Waals surface area (Å²) in [6.07, 6.45) is 3.92. The van der Waals surface area contributed by atoms with Crippen molar-refractivity contribution in [3.63, 3.8) is 0 Å². The number of aliphatic imine (C=N–C) groups is 1. The molecule has 2 unspecified atom stereocenters. The Morgan fingerprint density at radius 2 is 1.97 bits per heavy atom. The van der Waals surface area contributed by atoms with Crippen molar-refractivity contribution in [3.8, 4) is 0 Å². The third-order valence-electron chi connectivity index (χ3n) is 7.04. The molecule has 1 saturated heterocycles. The van der Waals surface area contributed by atoms with Gasteiger partial charge in [0.15, 0.2) is 0 Å². The van der Waals surface area contributed by atoms with E-state index in [1.54, 1.807) is 4.90 Å². The van der Waals surface area contributed by atoms with Crippen LogP contribution in [-0.2, 0) is 14.3 Å². The number of amides is 2. The number of halogens is 1. The van der Waals surface area contributed by atoms with Crippen molar-refractivity contribution in [2.75, 3.05) is 45.9 Å². The largest absolute Gasteiger partial charge is 0.394 e. The molecule has 9 heteroatoms. The van der Waals surface area contributed by atoms with Gasteiger partial charge in [0.1, 0.15) is 18.4 Å². The minimum absolute atomic E-state index is 0.00858. The van der Waals surface area contributed by atoms with Crippen LogP contribution in [0.5, 0.6) is 0 Å². The van der Waals surface area contributed by atoms with Gasteiger partial charge in [-0.3, -0.25) is 14.6 Å². The summed E-state index contributed by atoms with van der Waals surface area (Å²) in [6.45, 7) is 9.02. The van der Waals surface area contributed by atoms with Crippen molar-refractivity contribution in [3.05, 3.63) is 11.3 Å². The molecule has 0 bridgehead atoms. The van der Waals surface area contributed by atoms with E-state index < -0.39 is 6.17 Å². The Labute approximate surface area is 209 Å². The van der Waals surface area contributed by atoms with Crippen LogP contribution in [0.15, 0.2) is 16.3 Å². The molecule has 0 aromatic carbocycles. The molecule has 1 saturated carbocycles. The molecule has 2 amide bonds. The Hall–Kier alpha value is -2.00. The van der Waals surface area contributed by atoms with Crippen LogP contribution < -0.4 is 5.73 Å². The number of rotatable bonds is 12. The van der Waals surface area contributed by atoms with Crippen molar-refractivity contribution in [2.45, 2.75) is 84.4 Å². The predicted octanol–water partition coefficient (Wildman–Crippen LogP) is 2.84. The van der Waals surface area contributed by atoms with Gasteiger partial charge in [0.05, 0.1) is 19.3 Å². The van der Waals surface area contributed by atoms with Gasteiger partial charge in [-0.2, -0.15) is 0 Å². The number of likely N-dealkylation sites (tertiary alicyclic amines) is 1. The summed E-state index contributed by atoms with van der Waals surface area (Å²) in [5.74, 6) is 0.203. The second-order valence-corrected chi connectivity index (χ2v) is 9.76. The standard InChI is InChI=1S/C26H45FN4O4/c1-4-11-30(12-8-19(3)5-2)24(33)18-29-23-7-6-20(27)17-22(23)25(28)26(34)31-13-9-21(10-14-31)35-16-15-32/h19-21,32H,4-18,28H2,1-3H3/b25-22-,29-23?. The normalized spacial score (nSPS) is 22.8. The monoisotopic (exact) mass is 496 g/mol. The number of hydrogen-bond acceptors (Lipinski definition) is 6. The highest BCUT2D eigenvalue weighted by atomic mass is 19.1. The lowest BCUT2D eigenvalue weighted by Crippen LogP contribution is -2.43. The minimum atomic E-state index is -1.07. The van der Waals surface area contributed by atoms with Gasteiger partial charge in [0.25, 0.3) is 5.91 Å². The first-order valence-electron chi connectivity index (χ1n) is 13.3. The van der Waals surface area contributed by atoms with Crippen LogP contribution in [0.4, 0.5) is 4.39 Å². The highest BCUT2D eigenvalue weighted by Gasteiger charge is 2.30. The molecule has 200 valence electrons. The highest BCUT2D eigenvalue weighted by molar-refractivity contribution is 6.08.